The zero-order valence-electron chi connectivity index (χ0n) is 79.5. The average Bonchev–Trinajstić information content (AvgIpc) is 1.51. The van der Waals surface area contributed by atoms with Crippen molar-refractivity contribution in [3.63, 3.8) is 0 Å². The first-order chi connectivity index (χ1) is 59.7. The van der Waals surface area contributed by atoms with E-state index in [1.807, 2.05) is 0 Å². The fourth-order valence-electron chi connectivity index (χ4n) is 12.7. The summed E-state index contributed by atoms with van der Waals surface area (Å²) in [5.41, 5.74) is -2.99. The van der Waals surface area contributed by atoms with Crippen LogP contribution in [-0.2, 0) is 14.2 Å². The van der Waals surface area contributed by atoms with Crippen LogP contribution in [0.25, 0.3) is 33.5 Å². The molecular weight excluding hydrogens is 1460 g/mol. The van der Waals surface area contributed by atoms with Crippen molar-refractivity contribution in [2.75, 3.05) is 72.6 Å². The number of thioether (sulfide) groups is 3. The van der Waals surface area contributed by atoms with Gasteiger partial charge in [-0.25, -0.2) is 57.1 Å². The number of nitrogens with zero attached hydrogens (tertiary/aromatic N) is 15. The number of benzene rings is 3. The van der Waals surface area contributed by atoms with Crippen LogP contribution in [0, 0.1) is 38.2 Å². The van der Waals surface area contributed by atoms with Gasteiger partial charge in [-0.3, -0.25) is 0 Å². The molecule has 0 bridgehead atoms. The van der Waals surface area contributed by atoms with Crippen molar-refractivity contribution >= 4 is 86.2 Å². The standard InChI is InChI=1S/3C24H31FN6O4S/c3*1-3-8-36-24-27-22(26-16-10-14(16)13-5-4-12(2)15(25)9-13)19-23(28-24)31(30-29-19)17-11-18(35-7-6-32)21(34)20(17)33/h3*4-5,9,14,16-18,20-21,32-34H,3,6-8,10-11H2,1-2H3,(H,26,27,28)/t3*14-,16+,17+,18-,20-,21+/m000/s1/i3D2,6D2,7D2,8D2,10D2,16D;3D2,7D2,8D2,10D2,16D;14D. The van der Waals surface area contributed by atoms with E-state index in [1.165, 1.54) is 53.7 Å². The zero-order valence-corrected chi connectivity index (χ0v) is 61.0. The normalized spacial score (nSPS) is 34.4. The van der Waals surface area contributed by atoms with Gasteiger partial charge in [-0.1, -0.05) is 108 Å². The Morgan fingerprint density at radius 3 is 1.31 bits per heavy atom. The van der Waals surface area contributed by atoms with E-state index in [4.69, 9.17) is 48.1 Å². The van der Waals surface area contributed by atoms with E-state index in [0.29, 0.717) is 62.6 Å². The van der Waals surface area contributed by atoms with Crippen molar-refractivity contribution in [3.05, 3.63) is 105 Å². The third-order valence-electron chi connectivity index (χ3n) is 18.7. The average molecular weight is 1580 g/mol. The summed E-state index contributed by atoms with van der Waals surface area (Å²) in [7, 11) is 0. The predicted molar refractivity (Wildman–Crippen MR) is 398 cm³/mol. The number of aliphatic hydroxyl groups excluding tert-OH is 8. The molecular formula is C72H93F3N18O12S3. The van der Waals surface area contributed by atoms with Gasteiger partial charge in [0.2, 0.25) is 0 Å². The maximum Gasteiger partial charge on any atom is 0.191 e. The number of aliphatic hydroxyl groups is 9. The lowest BCUT2D eigenvalue weighted by Gasteiger charge is -2.17. The summed E-state index contributed by atoms with van der Waals surface area (Å²) in [5, 5.41) is 125. The molecule has 6 heterocycles. The molecule has 18 atom stereocenters. The highest BCUT2D eigenvalue weighted by atomic mass is 32.2. The molecule has 6 saturated carbocycles. The molecule has 30 nitrogen and oxygen atoms in total. The summed E-state index contributed by atoms with van der Waals surface area (Å²) >= 11 is 2.04. The van der Waals surface area contributed by atoms with Gasteiger partial charge in [0.1, 0.15) is 54.1 Å². The molecule has 0 aliphatic heterocycles. The fraction of sp³-hybridized carbons (Fsp3) is 0.583. The topological polar surface area (TPSA) is 415 Å². The van der Waals surface area contributed by atoms with Crippen LogP contribution in [0.3, 0.4) is 0 Å². The van der Waals surface area contributed by atoms with Crippen molar-refractivity contribution in [3.8, 4) is 0 Å². The third kappa shape index (κ3) is 17.5. The quantitative estimate of drug-likeness (QED) is 0.0168. The Labute approximate surface area is 662 Å². The number of hydrogen-bond donors (Lipinski definition) is 12. The molecule has 36 heteroatoms. The number of aromatic nitrogens is 15. The zero-order chi connectivity index (χ0) is 95.1. The molecule has 6 aromatic heterocycles. The minimum Gasteiger partial charge on any atom is -0.394 e. The Balaban J connectivity index is 0.000000166. The van der Waals surface area contributed by atoms with E-state index < -0.39 is 189 Å². The molecule has 0 amide bonds. The Hall–Kier alpha value is -7.14. The van der Waals surface area contributed by atoms with E-state index in [0.717, 1.165) is 47.5 Å². The summed E-state index contributed by atoms with van der Waals surface area (Å²) in [6.07, 6.45) is -20.8. The van der Waals surface area contributed by atoms with Gasteiger partial charge in [-0.2, -0.15) is 0 Å². The number of ether oxygens (including phenoxy) is 3. The van der Waals surface area contributed by atoms with Crippen molar-refractivity contribution in [1.29, 1.82) is 0 Å². The second kappa shape index (κ2) is 35.1. The number of rotatable bonds is 30. The highest BCUT2D eigenvalue weighted by Gasteiger charge is 2.49. The Morgan fingerprint density at radius 2 is 0.907 bits per heavy atom. The van der Waals surface area contributed by atoms with Gasteiger partial charge in [0, 0.05) is 90.1 Å². The second-order valence-corrected chi connectivity index (χ2v) is 28.5. The Kier molecular flexibility index (Phi) is 18.2. The number of fused-ring (bicyclic) bond motifs is 3. The lowest BCUT2D eigenvalue weighted by atomic mass is 10.1. The molecule has 3 aromatic carbocycles. The van der Waals surface area contributed by atoms with E-state index in [9.17, 15) is 54.0 Å². The highest BCUT2D eigenvalue weighted by molar-refractivity contribution is 7.99. The maximum absolute atomic E-state index is 14.4. The first kappa shape index (κ1) is 56.1. The van der Waals surface area contributed by atoms with Crippen LogP contribution in [0.15, 0.2) is 70.1 Å². The molecule has 108 heavy (non-hydrogen) atoms. The van der Waals surface area contributed by atoms with Gasteiger partial charge in [0.25, 0.3) is 0 Å². The molecule has 6 aliphatic carbocycles. The van der Waals surface area contributed by atoms with Crippen molar-refractivity contribution in [2.45, 2.75) is 223 Å². The Morgan fingerprint density at radius 1 is 0.509 bits per heavy atom. The van der Waals surface area contributed by atoms with Crippen molar-refractivity contribution < 1.29 is 102 Å². The van der Waals surface area contributed by atoms with E-state index in [2.05, 4.69) is 83.7 Å². The minimum absolute atomic E-state index is 0.0501. The Bertz CT molecular complexity index is 5660. The summed E-state index contributed by atoms with van der Waals surface area (Å²) in [4.78, 5) is 26.3. The largest absolute Gasteiger partial charge is 0.394 e. The van der Waals surface area contributed by atoms with Crippen LogP contribution in [0.4, 0.5) is 30.6 Å². The molecule has 582 valence electrons. The minimum atomic E-state index is -3.47. The number of nitrogens with one attached hydrogen (secondary N) is 3. The summed E-state index contributed by atoms with van der Waals surface area (Å²) < 4.78 is 233. The van der Waals surface area contributed by atoms with Crippen LogP contribution >= 0.6 is 35.3 Å². The fourth-order valence-corrected chi connectivity index (χ4v) is 14.4. The molecule has 0 saturated heterocycles. The first-order valence-electron chi connectivity index (χ1n) is 44.7. The van der Waals surface area contributed by atoms with Crippen LogP contribution in [0.1, 0.15) is 176 Å². The van der Waals surface area contributed by atoms with Gasteiger partial charge in [0.05, 0.1) is 86.9 Å². The smallest absolute Gasteiger partial charge is 0.191 e. The molecule has 9 aromatic rings. The lowest BCUT2D eigenvalue weighted by molar-refractivity contribution is -0.0629. The SMILES string of the molecule is [2H]C([2H])(C)C([2H])([2H])Sc1nc(N[C@@]2([2H])[C@H](c3ccc(C)c(F)c3)C2([2H])[2H])c2nnn([C@@H]3C[C@H](OC([2H])([2H])C([2H])([2H])O)[C@@H](O)[C@H]3O)c2n1.[2H]C([2H])(CO)O[C@H]1C[C@@H](n2nnc3c(N[C@@]4([2H])[C@H](c5ccc(C)c(F)c5)C4([2H])[2H])nc(SC([2H])([2H])C([2H])([2H])C)nc32)[C@H](O)[C@@H]1O.[2H][C@@]1(c2ccc(C)c(F)c2)C[C@H]1Nc1nc(SCCC)nc2c1nnn2[C@@H]1C[C@H](OCCO)[C@@H](O)[C@H]1O. The number of anilines is 3. The van der Waals surface area contributed by atoms with Gasteiger partial charge in [-0.05, 0) is 111 Å². The van der Waals surface area contributed by atoms with E-state index in [-0.39, 0.29) is 99.9 Å². The summed E-state index contributed by atoms with van der Waals surface area (Å²) in [5.74, 6) is -4.26. The number of aryl methyl sites for hydroxylation is 3. The molecule has 0 spiro atoms. The number of halogens is 3. The van der Waals surface area contributed by atoms with Crippen molar-refractivity contribution in [2.24, 2.45) is 0 Å². The lowest BCUT2D eigenvalue weighted by Crippen LogP contribution is -2.33. The predicted octanol–water partition coefficient (Wildman–Crippen LogP) is 6.55. The summed E-state index contributed by atoms with van der Waals surface area (Å²) in [6, 6.07) is 5.45. The monoisotopic (exact) mass is 1580 g/mol. The van der Waals surface area contributed by atoms with Gasteiger partial charge >= 0.3 is 0 Å². The van der Waals surface area contributed by atoms with E-state index >= 15 is 0 Å². The van der Waals surface area contributed by atoms with Crippen LogP contribution in [0.5, 0.6) is 0 Å². The van der Waals surface area contributed by atoms with Gasteiger partial charge in [-0.15, -0.1) is 15.3 Å². The summed E-state index contributed by atoms with van der Waals surface area (Å²) in [6.45, 7) is -1.62. The van der Waals surface area contributed by atoms with Crippen LogP contribution in [0.2, 0.25) is 0 Å². The van der Waals surface area contributed by atoms with Crippen LogP contribution in [-0.4, -0.2) is 251 Å². The molecule has 6 aliphatic rings. The van der Waals surface area contributed by atoms with Gasteiger partial charge in [0.15, 0.2) is 66.4 Å². The van der Waals surface area contributed by atoms with E-state index in [1.54, 1.807) is 26.0 Å². The highest BCUT2D eigenvalue weighted by Crippen LogP contribution is 2.48. The maximum atomic E-state index is 14.4. The molecule has 0 radical (unpaired) electrons. The molecule has 6 fully saturated rings. The molecule has 15 rings (SSSR count). The third-order valence-corrected chi connectivity index (χ3v) is 21.1. The van der Waals surface area contributed by atoms with Gasteiger partial charge < -0.3 is 76.1 Å². The van der Waals surface area contributed by atoms with Crippen molar-refractivity contribution in [1.82, 2.24) is 74.9 Å². The molecule has 12 N–H and O–H groups in total. The molecule has 0 unspecified atom stereocenters. The number of hydrogen-bond acceptors (Lipinski definition) is 30. The van der Waals surface area contributed by atoms with Crippen LogP contribution < -0.4 is 16.0 Å². The first-order valence-corrected chi connectivity index (χ1v) is 36.8. The second-order valence-electron chi connectivity index (χ2n) is 25.9.